The maximum Gasteiger partial charge on any atom is 0.0869 e. The first-order chi connectivity index (χ1) is 9.74. The number of benzene rings is 1. The fourth-order valence-corrected chi connectivity index (χ4v) is 3.55. The second kappa shape index (κ2) is 5.91. The summed E-state index contributed by atoms with van der Waals surface area (Å²) >= 11 is 5.13. The molecule has 20 heavy (non-hydrogen) atoms. The Bertz CT molecular complexity index is 693. The lowest BCUT2D eigenvalue weighted by molar-refractivity contribution is 0.179. The average molecular weight is 349 g/mol. The molecule has 2 heterocycles. The minimum Gasteiger partial charge on any atom is -0.388 e. The zero-order valence-corrected chi connectivity index (χ0v) is 13.0. The molecule has 0 amide bonds. The summed E-state index contributed by atoms with van der Waals surface area (Å²) in [6.07, 6.45) is 3.65. The smallest absolute Gasteiger partial charge is 0.0869 e. The summed E-state index contributed by atoms with van der Waals surface area (Å²) in [6.45, 7) is 0. The van der Waals surface area contributed by atoms with Gasteiger partial charge in [-0.1, -0.05) is 18.2 Å². The third kappa shape index (κ3) is 2.85. The monoisotopic (exact) mass is 348 g/mol. The van der Waals surface area contributed by atoms with E-state index in [2.05, 4.69) is 21.0 Å². The summed E-state index contributed by atoms with van der Waals surface area (Å²) in [4.78, 5) is 1.14. The quantitative estimate of drug-likeness (QED) is 0.774. The Balaban J connectivity index is 1.78. The normalized spacial score (nSPS) is 12.5. The number of aromatic nitrogens is 2. The van der Waals surface area contributed by atoms with Gasteiger partial charge in [-0.05, 0) is 39.5 Å². The molecule has 1 atom stereocenters. The van der Waals surface area contributed by atoms with Crippen molar-refractivity contribution in [3.63, 3.8) is 0 Å². The Labute approximate surface area is 129 Å². The second-order valence-corrected chi connectivity index (χ2v) is 6.32. The van der Waals surface area contributed by atoms with Crippen molar-refractivity contribution in [3.05, 3.63) is 69.1 Å². The maximum absolute atomic E-state index is 10.3. The molecule has 3 nitrogen and oxygen atoms in total. The SMILES string of the molecule is OC(Cc1sccc1Br)c1cnn(-c2ccccc2)c1. The van der Waals surface area contributed by atoms with E-state index in [0.29, 0.717) is 6.42 Å². The third-order valence-corrected chi connectivity index (χ3v) is 5.03. The molecule has 0 aliphatic heterocycles. The lowest BCUT2D eigenvalue weighted by Gasteiger charge is -2.07. The van der Waals surface area contributed by atoms with Gasteiger partial charge in [-0.15, -0.1) is 11.3 Å². The van der Waals surface area contributed by atoms with Crippen LogP contribution in [0.3, 0.4) is 0 Å². The molecule has 0 saturated heterocycles. The van der Waals surface area contributed by atoms with Gasteiger partial charge >= 0.3 is 0 Å². The van der Waals surface area contributed by atoms with E-state index in [1.54, 1.807) is 22.2 Å². The van der Waals surface area contributed by atoms with Gasteiger partial charge in [0.25, 0.3) is 0 Å². The molecule has 0 saturated carbocycles. The number of halogens is 1. The molecule has 0 aliphatic carbocycles. The molecule has 0 fully saturated rings. The molecule has 3 rings (SSSR count). The van der Waals surface area contributed by atoms with Gasteiger partial charge in [0.2, 0.25) is 0 Å². The summed E-state index contributed by atoms with van der Waals surface area (Å²) < 4.78 is 2.83. The van der Waals surface area contributed by atoms with Crippen LogP contribution in [-0.4, -0.2) is 14.9 Å². The van der Waals surface area contributed by atoms with E-state index in [0.717, 1.165) is 20.6 Å². The highest BCUT2D eigenvalue weighted by Crippen LogP contribution is 2.28. The van der Waals surface area contributed by atoms with Crippen LogP contribution in [0.2, 0.25) is 0 Å². The summed E-state index contributed by atoms with van der Waals surface area (Å²) in [5.74, 6) is 0. The fraction of sp³-hybridized carbons (Fsp3) is 0.133. The molecule has 1 aromatic carbocycles. The highest BCUT2D eigenvalue weighted by atomic mass is 79.9. The lowest BCUT2D eigenvalue weighted by atomic mass is 10.1. The van der Waals surface area contributed by atoms with E-state index in [1.165, 1.54) is 0 Å². The van der Waals surface area contributed by atoms with Crippen LogP contribution in [-0.2, 0) is 6.42 Å². The van der Waals surface area contributed by atoms with Crippen molar-refractivity contribution in [2.24, 2.45) is 0 Å². The van der Waals surface area contributed by atoms with Crippen molar-refractivity contribution in [2.75, 3.05) is 0 Å². The first kappa shape index (κ1) is 13.5. The first-order valence-electron chi connectivity index (χ1n) is 6.24. The van der Waals surface area contributed by atoms with Gasteiger partial charge < -0.3 is 5.11 Å². The highest BCUT2D eigenvalue weighted by Gasteiger charge is 2.14. The van der Waals surface area contributed by atoms with Crippen molar-refractivity contribution in [1.29, 1.82) is 0 Å². The minimum atomic E-state index is -0.539. The third-order valence-electron chi connectivity index (χ3n) is 3.08. The average Bonchev–Trinajstić information content (AvgIpc) is 3.10. The molecular weight excluding hydrogens is 336 g/mol. The van der Waals surface area contributed by atoms with E-state index in [-0.39, 0.29) is 0 Å². The standard InChI is InChI=1S/C15H13BrN2OS/c16-13-6-7-20-15(13)8-14(19)11-9-17-18(10-11)12-4-2-1-3-5-12/h1-7,9-10,14,19H,8H2. The van der Waals surface area contributed by atoms with Crippen molar-refractivity contribution >= 4 is 27.3 Å². The highest BCUT2D eigenvalue weighted by molar-refractivity contribution is 9.10. The Morgan fingerprint density at radius 1 is 1.25 bits per heavy atom. The molecule has 1 N–H and O–H groups in total. The van der Waals surface area contributed by atoms with Gasteiger partial charge in [0.1, 0.15) is 0 Å². The van der Waals surface area contributed by atoms with Gasteiger partial charge in [0.05, 0.1) is 18.0 Å². The fourth-order valence-electron chi connectivity index (χ4n) is 1.99. The van der Waals surface area contributed by atoms with E-state index in [4.69, 9.17) is 0 Å². The molecule has 0 aliphatic rings. The number of aliphatic hydroxyl groups is 1. The summed E-state index contributed by atoms with van der Waals surface area (Å²) in [5, 5.41) is 16.6. The molecule has 3 aromatic rings. The topological polar surface area (TPSA) is 38.1 Å². The van der Waals surface area contributed by atoms with Gasteiger partial charge in [-0.25, -0.2) is 4.68 Å². The van der Waals surface area contributed by atoms with Crippen LogP contribution >= 0.6 is 27.3 Å². The number of hydrogen-bond donors (Lipinski definition) is 1. The number of para-hydroxylation sites is 1. The van der Waals surface area contributed by atoms with Crippen LogP contribution in [0, 0.1) is 0 Å². The number of thiophene rings is 1. The summed E-state index contributed by atoms with van der Waals surface area (Å²) in [7, 11) is 0. The van der Waals surface area contributed by atoms with Gasteiger partial charge in [0, 0.05) is 27.5 Å². The van der Waals surface area contributed by atoms with Crippen LogP contribution < -0.4 is 0 Å². The van der Waals surface area contributed by atoms with Crippen LogP contribution in [0.25, 0.3) is 5.69 Å². The molecule has 0 radical (unpaired) electrons. The lowest BCUT2D eigenvalue weighted by Crippen LogP contribution is -2.00. The van der Waals surface area contributed by atoms with Gasteiger partial charge in [0.15, 0.2) is 0 Å². The van der Waals surface area contributed by atoms with Crippen molar-refractivity contribution < 1.29 is 5.11 Å². The van der Waals surface area contributed by atoms with E-state index < -0.39 is 6.10 Å². The van der Waals surface area contributed by atoms with Crippen molar-refractivity contribution in [3.8, 4) is 5.69 Å². The predicted molar refractivity (Wildman–Crippen MR) is 84.2 cm³/mol. The number of rotatable bonds is 4. The Kier molecular flexibility index (Phi) is 4.00. The van der Waals surface area contributed by atoms with E-state index >= 15 is 0 Å². The Morgan fingerprint density at radius 3 is 2.75 bits per heavy atom. The molecule has 0 bridgehead atoms. The number of aliphatic hydroxyl groups excluding tert-OH is 1. The summed E-state index contributed by atoms with van der Waals surface area (Å²) in [5.41, 5.74) is 1.82. The molecule has 5 heteroatoms. The molecule has 2 aromatic heterocycles. The number of hydrogen-bond acceptors (Lipinski definition) is 3. The number of nitrogens with zero attached hydrogens (tertiary/aromatic N) is 2. The van der Waals surface area contributed by atoms with Crippen LogP contribution in [0.1, 0.15) is 16.5 Å². The maximum atomic E-state index is 10.3. The van der Waals surface area contributed by atoms with Gasteiger partial charge in [-0.2, -0.15) is 5.10 Å². The molecule has 1 unspecified atom stereocenters. The van der Waals surface area contributed by atoms with Crippen molar-refractivity contribution in [2.45, 2.75) is 12.5 Å². The molecule has 0 spiro atoms. The van der Waals surface area contributed by atoms with Crippen molar-refractivity contribution in [1.82, 2.24) is 9.78 Å². The second-order valence-electron chi connectivity index (χ2n) is 4.47. The minimum absolute atomic E-state index is 0.539. The zero-order valence-electron chi connectivity index (χ0n) is 10.6. The van der Waals surface area contributed by atoms with E-state index in [1.807, 2.05) is 48.0 Å². The first-order valence-corrected chi connectivity index (χ1v) is 7.91. The van der Waals surface area contributed by atoms with Crippen LogP contribution in [0.5, 0.6) is 0 Å². The van der Waals surface area contributed by atoms with E-state index in [9.17, 15) is 5.11 Å². The zero-order chi connectivity index (χ0) is 13.9. The summed E-state index contributed by atoms with van der Waals surface area (Å²) in [6, 6.07) is 11.9. The van der Waals surface area contributed by atoms with Crippen LogP contribution in [0.15, 0.2) is 58.6 Å². The Hall–Kier alpha value is -1.43. The largest absolute Gasteiger partial charge is 0.388 e. The predicted octanol–water partition coefficient (Wildman–Crippen LogP) is 3.97. The van der Waals surface area contributed by atoms with Crippen LogP contribution in [0.4, 0.5) is 0 Å². The molecule has 102 valence electrons. The Morgan fingerprint density at radius 2 is 2.05 bits per heavy atom. The molecular formula is C15H13BrN2OS. The van der Waals surface area contributed by atoms with Gasteiger partial charge in [-0.3, -0.25) is 0 Å².